The molecule has 2 saturated heterocycles. The number of amides is 1. The Hall–Kier alpha value is -3.13. The maximum Gasteiger partial charge on any atom is 0.418 e. The van der Waals surface area contributed by atoms with E-state index in [1.807, 2.05) is 17.0 Å². The third kappa shape index (κ3) is 7.63. The van der Waals surface area contributed by atoms with Crippen molar-refractivity contribution in [2.45, 2.75) is 82.4 Å². The number of methoxy groups -OCH3 is 1. The number of carbonyl (C=O) groups excluding carboxylic acids is 1. The summed E-state index contributed by atoms with van der Waals surface area (Å²) in [5.41, 5.74) is 2.24. The first-order valence-corrected chi connectivity index (χ1v) is 20.3. The van der Waals surface area contributed by atoms with Crippen LogP contribution in [0, 0.1) is 0 Å². The van der Waals surface area contributed by atoms with Gasteiger partial charge in [-0.3, -0.25) is 9.69 Å². The van der Waals surface area contributed by atoms with Crippen molar-refractivity contribution in [1.29, 1.82) is 0 Å². The summed E-state index contributed by atoms with van der Waals surface area (Å²) in [6.45, 7) is 10.5. The van der Waals surface area contributed by atoms with Crippen LogP contribution in [0.15, 0.2) is 30.5 Å². The molecule has 0 radical (unpaired) electrons. The number of fused-ring (bicyclic) bond motifs is 1. The number of ether oxygens (including phenoxy) is 3. The molecule has 4 heterocycles. The van der Waals surface area contributed by atoms with Gasteiger partial charge in [0.15, 0.2) is 0 Å². The largest absolute Gasteiger partial charge is 0.496 e. The van der Waals surface area contributed by atoms with Crippen molar-refractivity contribution < 1.29 is 32.2 Å². The number of piperidine rings is 1. The number of morpholine rings is 1. The first-order valence-electron chi connectivity index (χ1n) is 16.6. The lowest BCUT2D eigenvalue weighted by Gasteiger charge is -2.45. The van der Waals surface area contributed by atoms with Crippen LogP contribution >= 0.6 is 0 Å². The molecule has 2 aromatic heterocycles. The van der Waals surface area contributed by atoms with E-state index in [-0.39, 0.29) is 35.9 Å². The van der Waals surface area contributed by atoms with Gasteiger partial charge in [0.25, 0.3) is 0 Å². The highest BCUT2D eigenvalue weighted by Crippen LogP contribution is 2.46. The Kier molecular flexibility index (Phi) is 9.89. The number of rotatable bonds is 12. The third-order valence-electron chi connectivity index (χ3n) is 9.49. The summed E-state index contributed by atoms with van der Waals surface area (Å²) in [7, 11) is 0.215. The molecule has 9 nitrogen and oxygen atoms in total. The first-order chi connectivity index (χ1) is 22.5. The minimum absolute atomic E-state index is 0.0272. The molecule has 2 atom stereocenters. The lowest BCUT2D eigenvalue weighted by molar-refractivity contribution is -0.136. The van der Waals surface area contributed by atoms with Gasteiger partial charge in [-0.2, -0.15) is 13.2 Å². The summed E-state index contributed by atoms with van der Waals surface area (Å²) >= 11 is 0. The molecule has 0 spiro atoms. The Morgan fingerprint density at radius 1 is 1.13 bits per heavy atom. The van der Waals surface area contributed by atoms with Crippen LogP contribution in [0.2, 0.25) is 25.7 Å². The van der Waals surface area contributed by atoms with Crippen LogP contribution in [0.5, 0.6) is 5.75 Å². The minimum atomic E-state index is -4.57. The van der Waals surface area contributed by atoms with Crippen LogP contribution < -0.4 is 10.1 Å². The van der Waals surface area contributed by atoms with Gasteiger partial charge in [-0.15, -0.1) is 0 Å². The van der Waals surface area contributed by atoms with Gasteiger partial charge in [-0.1, -0.05) is 31.8 Å². The number of hydrogen-bond donors (Lipinski definition) is 1. The van der Waals surface area contributed by atoms with E-state index in [1.165, 1.54) is 4.57 Å². The van der Waals surface area contributed by atoms with Gasteiger partial charge in [0, 0.05) is 57.8 Å². The van der Waals surface area contributed by atoms with Gasteiger partial charge in [-0.05, 0) is 55.3 Å². The smallest absolute Gasteiger partial charge is 0.418 e. The van der Waals surface area contributed by atoms with Crippen molar-refractivity contribution in [3.63, 3.8) is 0 Å². The van der Waals surface area contributed by atoms with E-state index in [4.69, 9.17) is 19.2 Å². The summed E-state index contributed by atoms with van der Waals surface area (Å²) in [4.78, 5) is 21.2. The number of nitrogens with zero attached hydrogens (tertiary/aromatic N) is 4. The maximum absolute atomic E-state index is 14.5. The Labute approximate surface area is 275 Å². The van der Waals surface area contributed by atoms with Crippen molar-refractivity contribution in [2.75, 3.05) is 51.9 Å². The molecule has 2 unspecified atom stereocenters. The Balaban J connectivity index is 1.44. The number of carbonyl (C=O) groups is 1. The number of likely N-dealkylation sites (tertiary alicyclic amines) is 1. The summed E-state index contributed by atoms with van der Waals surface area (Å²) in [6, 6.07) is 8.67. The van der Waals surface area contributed by atoms with Crippen molar-refractivity contribution in [2.24, 2.45) is 0 Å². The average molecular weight is 674 g/mol. The van der Waals surface area contributed by atoms with Gasteiger partial charge in [0.2, 0.25) is 6.41 Å². The van der Waals surface area contributed by atoms with Crippen LogP contribution in [0.1, 0.15) is 42.7 Å². The van der Waals surface area contributed by atoms with E-state index in [0.29, 0.717) is 49.9 Å². The summed E-state index contributed by atoms with van der Waals surface area (Å²) in [6.07, 6.45) is 0.699. The zero-order valence-electron chi connectivity index (χ0n) is 27.7. The van der Waals surface area contributed by atoms with Crippen molar-refractivity contribution in [3.05, 3.63) is 41.6 Å². The molecule has 1 amide bonds. The molecule has 0 bridgehead atoms. The molecule has 256 valence electrons. The number of hydrogen-bond acceptors (Lipinski definition) is 7. The molecular weight excluding hydrogens is 627 g/mol. The number of nitrogens with one attached hydrogen (secondary N) is 1. The predicted octanol–water partition coefficient (Wildman–Crippen LogP) is 6.61. The zero-order chi connectivity index (χ0) is 33.3. The van der Waals surface area contributed by atoms with Crippen LogP contribution in [0.25, 0.3) is 22.3 Å². The minimum Gasteiger partial charge on any atom is -0.496 e. The molecule has 1 aliphatic carbocycles. The van der Waals surface area contributed by atoms with Crippen molar-refractivity contribution in [1.82, 2.24) is 19.4 Å². The molecular formula is C34H46F3N5O4Si. The predicted molar refractivity (Wildman–Crippen MR) is 178 cm³/mol. The lowest BCUT2D eigenvalue weighted by Crippen LogP contribution is -2.55. The highest BCUT2D eigenvalue weighted by Gasteiger charge is 2.38. The summed E-state index contributed by atoms with van der Waals surface area (Å²) in [5.74, 6) is 0.678. The number of aromatic nitrogens is 2. The summed E-state index contributed by atoms with van der Waals surface area (Å²) in [5, 5.41) is 3.45. The van der Waals surface area contributed by atoms with Gasteiger partial charge >= 0.3 is 6.18 Å². The molecule has 3 aliphatic rings. The van der Waals surface area contributed by atoms with Crippen molar-refractivity contribution >= 4 is 31.2 Å². The van der Waals surface area contributed by atoms with E-state index in [2.05, 4.69) is 35.9 Å². The maximum atomic E-state index is 14.5. The van der Waals surface area contributed by atoms with E-state index in [0.717, 1.165) is 62.1 Å². The number of halogens is 3. The van der Waals surface area contributed by atoms with Crippen LogP contribution in [0.3, 0.4) is 0 Å². The highest BCUT2D eigenvalue weighted by atomic mass is 28.3. The van der Waals surface area contributed by atoms with Crippen molar-refractivity contribution in [3.8, 4) is 17.0 Å². The fourth-order valence-corrected chi connectivity index (χ4v) is 7.52. The molecule has 6 rings (SSSR count). The number of anilines is 1. The molecule has 3 fully saturated rings. The number of alkyl halides is 3. The van der Waals surface area contributed by atoms with E-state index in [9.17, 15) is 18.0 Å². The molecule has 47 heavy (non-hydrogen) atoms. The zero-order valence-corrected chi connectivity index (χ0v) is 28.7. The second kappa shape index (κ2) is 13.8. The normalized spacial score (nSPS) is 21.3. The van der Waals surface area contributed by atoms with Gasteiger partial charge < -0.3 is 29.0 Å². The van der Waals surface area contributed by atoms with E-state index in [1.54, 1.807) is 13.2 Å². The average Bonchev–Trinajstić information content (AvgIpc) is 3.79. The Morgan fingerprint density at radius 2 is 1.89 bits per heavy atom. The van der Waals surface area contributed by atoms with Crippen LogP contribution in [-0.4, -0.2) is 92.6 Å². The lowest BCUT2D eigenvalue weighted by atomic mass is 9.83. The monoisotopic (exact) mass is 673 g/mol. The fraction of sp³-hybridized carbons (Fsp3) is 0.588. The number of pyridine rings is 1. The SMILES string of the molecule is COc1cccc(C2CCN(C=O)C(N3CCOCC3)C2)c1-c1cc(NC2CC2)c2c(C(F)(F)F)cn(COCC[Si](C)(C)C)c2n1. The van der Waals surface area contributed by atoms with Crippen LogP contribution in [0.4, 0.5) is 18.9 Å². The molecule has 2 aliphatic heterocycles. The quantitative estimate of drug-likeness (QED) is 0.132. The highest BCUT2D eigenvalue weighted by molar-refractivity contribution is 6.76. The molecule has 1 N–H and O–H groups in total. The molecule has 1 saturated carbocycles. The van der Waals surface area contributed by atoms with Gasteiger partial charge in [-0.25, -0.2) is 4.98 Å². The first kappa shape index (κ1) is 33.8. The Bertz CT molecular complexity index is 1570. The number of benzene rings is 1. The second-order valence-electron chi connectivity index (χ2n) is 14.1. The Morgan fingerprint density at radius 3 is 2.55 bits per heavy atom. The van der Waals surface area contributed by atoms with Gasteiger partial charge in [0.05, 0.1) is 43.1 Å². The second-order valence-corrected chi connectivity index (χ2v) is 19.8. The van der Waals surface area contributed by atoms with E-state index >= 15 is 0 Å². The van der Waals surface area contributed by atoms with Crippen LogP contribution in [-0.2, 0) is 27.2 Å². The fourth-order valence-electron chi connectivity index (χ4n) is 6.76. The van der Waals surface area contributed by atoms with Gasteiger partial charge in [0.1, 0.15) is 18.1 Å². The molecule has 13 heteroatoms. The van der Waals surface area contributed by atoms with E-state index < -0.39 is 19.8 Å². The standard InChI is InChI=1S/C34H46F3N5O4Si/c1-44-29-7-5-6-25(23-10-11-41(21-43)30(18-23)40-12-14-45-15-13-40)31(29)27-19-28(38-24-8-9-24)32-26(34(35,36)37)20-42(33(32)39-27)22-46-16-17-47(2,3)4/h5-7,19-21,23-24,30H,8-18,22H2,1-4H3,(H,38,39). The molecule has 3 aromatic rings. The third-order valence-corrected chi connectivity index (χ3v) is 11.2. The summed E-state index contributed by atoms with van der Waals surface area (Å²) < 4.78 is 62.6. The molecule has 1 aromatic carbocycles. The topological polar surface area (TPSA) is 81.1 Å².